The summed E-state index contributed by atoms with van der Waals surface area (Å²) in [5.74, 6) is 2.20. The quantitative estimate of drug-likeness (QED) is 0.610. The molecule has 0 bridgehead atoms. The highest BCUT2D eigenvalue weighted by atomic mass is 16.5. The molecule has 0 aliphatic rings. The lowest BCUT2D eigenvalue weighted by molar-refractivity contribution is 0.356. The van der Waals surface area contributed by atoms with Crippen LogP contribution in [0.25, 0.3) is 33.2 Å². The van der Waals surface area contributed by atoms with E-state index in [0.717, 1.165) is 22.4 Å². The molecule has 4 nitrogen and oxygen atoms in total. The average Bonchev–Trinajstić information content (AvgIpc) is 3.02. The lowest BCUT2D eigenvalue weighted by Gasteiger charge is -2.06. The molecule has 0 amide bonds. The molecule has 0 fully saturated rings. The van der Waals surface area contributed by atoms with Crippen molar-refractivity contribution in [3.05, 3.63) is 54.6 Å². The molecule has 4 aromatic rings. The van der Waals surface area contributed by atoms with Crippen LogP contribution in [0.2, 0.25) is 0 Å². The van der Waals surface area contributed by atoms with Gasteiger partial charge in [-0.15, -0.1) is 0 Å². The molecule has 0 radical (unpaired) electrons. The van der Waals surface area contributed by atoms with Gasteiger partial charge in [-0.2, -0.15) is 0 Å². The molecule has 0 aliphatic carbocycles. The number of methoxy groups -OCH3 is 2. The van der Waals surface area contributed by atoms with Crippen LogP contribution in [0.4, 0.5) is 0 Å². The number of benzene rings is 3. The Morgan fingerprint density at radius 3 is 2.35 bits per heavy atom. The van der Waals surface area contributed by atoms with Gasteiger partial charge in [-0.25, -0.2) is 4.98 Å². The monoisotopic (exact) mass is 304 g/mol. The van der Waals surface area contributed by atoms with E-state index < -0.39 is 0 Å². The fourth-order valence-electron chi connectivity index (χ4n) is 2.81. The number of fused-ring (bicyclic) bond motifs is 2. The van der Waals surface area contributed by atoms with Crippen LogP contribution < -0.4 is 9.47 Å². The van der Waals surface area contributed by atoms with Gasteiger partial charge in [-0.1, -0.05) is 36.4 Å². The van der Waals surface area contributed by atoms with Crippen molar-refractivity contribution in [1.29, 1.82) is 0 Å². The number of hydrogen-bond acceptors (Lipinski definition) is 3. The summed E-state index contributed by atoms with van der Waals surface area (Å²) in [6, 6.07) is 18.4. The largest absolute Gasteiger partial charge is 0.493 e. The summed E-state index contributed by atoms with van der Waals surface area (Å²) in [6.45, 7) is 0. The fraction of sp³-hybridized carbons (Fsp3) is 0.105. The van der Waals surface area contributed by atoms with E-state index in [4.69, 9.17) is 9.47 Å². The third-order valence-electron chi connectivity index (χ3n) is 4.01. The number of aromatic nitrogens is 2. The molecule has 3 aromatic carbocycles. The van der Waals surface area contributed by atoms with Gasteiger partial charge in [0.1, 0.15) is 5.82 Å². The molecule has 0 unspecified atom stereocenters. The molecule has 0 atom stereocenters. The van der Waals surface area contributed by atoms with Crippen LogP contribution in [-0.4, -0.2) is 24.2 Å². The first kappa shape index (κ1) is 13.6. The Morgan fingerprint density at radius 2 is 1.57 bits per heavy atom. The van der Waals surface area contributed by atoms with Gasteiger partial charge in [0.05, 0.1) is 25.3 Å². The van der Waals surface area contributed by atoms with E-state index in [0.29, 0.717) is 11.5 Å². The molecule has 4 rings (SSSR count). The zero-order chi connectivity index (χ0) is 15.8. The molecule has 1 aromatic heterocycles. The van der Waals surface area contributed by atoms with Gasteiger partial charge in [0, 0.05) is 17.7 Å². The molecule has 1 N–H and O–H groups in total. The van der Waals surface area contributed by atoms with Gasteiger partial charge >= 0.3 is 0 Å². The van der Waals surface area contributed by atoms with Gasteiger partial charge in [-0.05, 0) is 16.8 Å². The average molecular weight is 304 g/mol. The normalized spacial score (nSPS) is 11.0. The van der Waals surface area contributed by atoms with Crippen molar-refractivity contribution in [1.82, 2.24) is 9.97 Å². The maximum Gasteiger partial charge on any atom is 0.163 e. The van der Waals surface area contributed by atoms with Crippen molar-refractivity contribution < 1.29 is 9.47 Å². The van der Waals surface area contributed by atoms with Crippen LogP contribution >= 0.6 is 0 Å². The first-order valence-electron chi connectivity index (χ1n) is 7.39. The summed E-state index contributed by atoms with van der Waals surface area (Å²) in [6.07, 6.45) is 0. The minimum absolute atomic E-state index is 0.677. The van der Waals surface area contributed by atoms with Gasteiger partial charge in [-0.3, -0.25) is 0 Å². The predicted octanol–water partition coefficient (Wildman–Crippen LogP) is 4.40. The number of nitrogens with zero attached hydrogens (tertiary/aromatic N) is 1. The lowest BCUT2D eigenvalue weighted by atomic mass is 10.1. The Morgan fingerprint density at radius 1 is 0.826 bits per heavy atom. The molecule has 0 aliphatic heterocycles. The minimum Gasteiger partial charge on any atom is -0.493 e. The summed E-state index contributed by atoms with van der Waals surface area (Å²) >= 11 is 0. The first-order valence-corrected chi connectivity index (χ1v) is 7.39. The second kappa shape index (κ2) is 5.32. The number of ether oxygens (including phenoxy) is 2. The molecule has 0 spiro atoms. The van der Waals surface area contributed by atoms with Gasteiger partial charge in [0.15, 0.2) is 11.5 Å². The smallest absolute Gasteiger partial charge is 0.163 e. The molecule has 0 saturated heterocycles. The molecule has 1 heterocycles. The van der Waals surface area contributed by atoms with Crippen LogP contribution in [0.3, 0.4) is 0 Å². The molecular weight excluding hydrogens is 288 g/mol. The van der Waals surface area contributed by atoms with E-state index in [2.05, 4.69) is 40.3 Å². The molecular formula is C19H16N2O2. The molecule has 4 heteroatoms. The Hall–Kier alpha value is -3.01. The van der Waals surface area contributed by atoms with Crippen molar-refractivity contribution in [3.8, 4) is 22.9 Å². The number of rotatable bonds is 3. The maximum absolute atomic E-state index is 5.34. The van der Waals surface area contributed by atoms with Crippen LogP contribution in [0, 0.1) is 0 Å². The number of aromatic amines is 1. The zero-order valence-corrected chi connectivity index (χ0v) is 13.0. The second-order valence-corrected chi connectivity index (χ2v) is 5.37. The van der Waals surface area contributed by atoms with Crippen molar-refractivity contribution in [3.63, 3.8) is 0 Å². The first-order chi connectivity index (χ1) is 11.3. The van der Waals surface area contributed by atoms with Crippen LogP contribution in [-0.2, 0) is 0 Å². The Balaban J connectivity index is 1.87. The van der Waals surface area contributed by atoms with Crippen molar-refractivity contribution in [2.75, 3.05) is 14.2 Å². The van der Waals surface area contributed by atoms with E-state index in [1.807, 2.05) is 24.3 Å². The lowest BCUT2D eigenvalue weighted by Crippen LogP contribution is -1.89. The summed E-state index contributed by atoms with van der Waals surface area (Å²) < 4.78 is 10.7. The second-order valence-electron chi connectivity index (χ2n) is 5.37. The number of nitrogens with one attached hydrogen (secondary N) is 1. The minimum atomic E-state index is 0.677. The van der Waals surface area contributed by atoms with Crippen LogP contribution in [0.1, 0.15) is 0 Å². The van der Waals surface area contributed by atoms with E-state index in [9.17, 15) is 0 Å². The third kappa shape index (κ3) is 2.28. The van der Waals surface area contributed by atoms with Gasteiger partial charge in [0.25, 0.3) is 0 Å². The summed E-state index contributed by atoms with van der Waals surface area (Å²) in [5, 5.41) is 2.41. The highest BCUT2D eigenvalue weighted by Crippen LogP contribution is 2.33. The predicted molar refractivity (Wildman–Crippen MR) is 92.1 cm³/mol. The van der Waals surface area contributed by atoms with Gasteiger partial charge in [0.2, 0.25) is 0 Å². The van der Waals surface area contributed by atoms with Crippen LogP contribution in [0.5, 0.6) is 11.5 Å². The fourth-order valence-corrected chi connectivity index (χ4v) is 2.81. The van der Waals surface area contributed by atoms with Gasteiger partial charge < -0.3 is 14.5 Å². The van der Waals surface area contributed by atoms with Crippen molar-refractivity contribution >= 4 is 21.8 Å². The van der Waals surface area contributed by atoms with Crippen LogP contribution in [0.15, 0.2) is 54.6 Å². The highest BCUT2D eigenvalue weighted by Gasteiger charge is 2.11. The van der Waals surface area contributed by atoms with Crippen molar-refractivity contribution in [2.24, 2.45) is 0 Å². The third-order valence-corrected chi connectivity index (χ3v) is 4.01. The number of imidazole rings is 1. The standard InChI is InChI=1S/C19H16N2O2/c1-22-17-10-15-16(11-18(17)23-2)21-19(20-15)14-8-7-12-5-3-4-6-13(12)9-14/h3-11H,1-2H3,(H,20,21). The topological polar surface area (TPSA) is 47.1 Å². The highest BCUT2D eigenvalue weighted by molar-refractivity contribution is 5.88. The summed E-state index contributed by atoms with van der Waals surface area (Å²) in [4.78, 5) is 8.04. The maximum atomic E-state index is 5.34. The Bertz CT molecular complexity index is 964. The molecule has 23 heavy (non-hydrogen) atoms. The van der Waals surface area contributed by atoms with E-state index in [1.165, 1.54) is 10.8 Å². The van der Waals surface area contributed by atoms with E-state index >= 15 is 0 Å². The van der Waals surface area contributed by atoms with E-state index in [-0.39, 0.29) is 0 Å². The molecule has 0 saturated carbocycles. The molecule has 114 valence electrons. The number of hydrogen-bond donors (Lipinski definition) is 1. The summed E-state index contributed by atoms with van der Waals surface area (Å²) in [7, 11) is 3.25. The zero-order valence-electron chi connectivity index (χ0n) is 13.0. The number of H-pyrrole nitrogens is 1. The summed E-state index contributed by atoms with van der Waals surface area (Å²) in [5.41, 5.74) is 2.83. The Labute approximate surface area is 133 Å². The van der Waals surface area contributed by atoms with E-state index in [1.54, 1.807) is 14.2 Å². The van der Waals surface area contributed by atoms with Crippen molar-refractivity contribution in [2.45, 2.75) is 0 Å². The Kier molecular flexibility index (Phi) is 3.15. The SMILES string of the molecule is COc1cc2nc(-c3ccc4ccccc4c3)[nH]c2cc1OC.